The van der Waals surface area contributed by atoms with Gasteiger partial charge in [-0.2, -0.15) is 0 Å². The van der Waals surface area contributed by atoms with Crippen molar-refractivity contribution >= 4 is 11.3 Å². The van der Waals surface area contributed by atoms with Crippen LogP contribution in [-0.4, -0.2) is 9.97 Å². The highest BCUT2D eigenvalue weighted by Crippen LogP contribution is 2.25. The van der Waals surface area contributed by atoms with Crippen LogP contribution in [-0.2, 0) is 6.54 Å². The van der Waals surface area contributed by atoms with Gasteiger partial charge in [0.25, 0.3) is 0 Å². The van der Waals surface area contributed by atoms with Gasteiger partial charge < -0.3 is 10.7 Å². The predicted molar refractivity (Wildman–Crippen MR) is 59.3 cm³/mol. The minimum absolute atomic E-state index is 0.521. The predicted octanol–water partition coefficient (Wildman–Crippen LogP) is 2.21. The molecule has 0 aromatic carbocycles. The molecule has 14 heavy (non-hydrogen) atoms. The van der Waals surface area contributed by atoms with Crippen LogP contribution in [0.1, 0.15) is 16.4 Å². The number of rotatable bonds is 2. The molecule has 0 unspecified atom stereocenters. The maximum absolute atomic E-state index is 5.52. The molecule has 2 heterocycles. The molecule has 0 atom stereocenters. The quantitative estimate of drug-likeness (QED) is 0.793. The molecule has 2 rings (SSSR count). The Kier molecular flexibility index (Phi) is 2.39. The van der Waals surface area contributed by atoms with Crippen molar-refractivity contribution in [3.05, 3.63) is 27.8 Å². The lowest BCUT2D eigenvalue weighted by atomic mass is 10.2. The molecule has 0 aliphatic heterocycles. The second-order valence-electron chi connectivity index (χ2n) is 3.32. The van der Waals surface area contributed by atoms with E-state index in [4.69, 9.17) is 5.73 Å². The van der Waals surface area contributed by atoms with E-state index in [1.807, 2.05) is 6.92 Å². The highest BCUT2D eigenvalue weighted by molar-refractivity contribution is 7.09. The van der Waals surface area contributed by atoms with E-state index in [9.17, 15) is 0 Å². The molecule has 0 bridgehead atoms. The average Bonchev–Trinajstić information content (AvgIpc) is 2.71. The smallest absolute Gasteiger partial charge is 0.107 e. The fraction of sp³-hybridized carbons (Fsp3) is 0.300. The third-order valence-corrected chi connectivity index (χ3v) is 3.02. The van der Waals surface area contributed by atoms with Crippen LogP contribution in [0.25, 0.3) is 11.3 Å². The summed E-state index contributed by atoms with van der Waals surface area (Å²) >= 11 is 1.61. The number of hydrogen-bond acceptors (Lipinski definition) is 3. The largest absolute Gasteiger partial charge is 0.362 e. The summed E-state index contributed by atoms with van der Waals surface area (Å²) in [6.45, 7) is 4.63. The summed E-state index contributed by atoms with van der Waals surface area (Å²) in [6, 6.07) is 2.12. The normalized spacial score (nSPS) is 10.8. The zero-order valence-electron chi connectivity index (χ0n) is 8.29. The fourth-order valence-corrected chi connectivity index (χ4v) is 2.19. The Balaban J connectivity index is 2.43. The molecule has 0 amide bonds. The SMILES string of the molecule is Cc1cc(-c2csc(CN)n2)c(C)[nH]1. The first-order chi connectivity index (χ1) is 6.70. The van der Waals surface area contributed by atoms with Gasteiger partial charge in [-0.25, -0.2) is 4.98 Å². The molecule has 0 aliphatic carbocycles. The summed E-state index contributed by atoms with van der Waals surface area (Å²) in [5, 5.41) is 3.04. The summed E-state index contributed by atoms with van der Waals surface area (Å²) < 4.78 is 0. The number of thiazole rings is 1. The molecule has 0 saturated carbocycles. The standard InChI is InChI=1S/C10H13N3S/c1-6-3-8(7(2)12-6)9-5-14-10(4-11)13-9/h3,5,12H,4,11H2,1-2H3. The molecular weight excluding hydrogens is 194 g/mol. The molecule has 0 spiro atoms. The molecule has 3 N–H and O–H groups in total. The van der Waals surface area contributed by atoms with Gasteiger partial charge in [-0.05, 0) is 19.9 Å². The van der Waals surface area contributed by atoms with E-state index in [2.05, 4.69) is 28.3 Å². The van der Waals surface area contributed by atoms with E-state index in [-0.39, 0.29) is 0 Å². The van der Waals surface area contributed by atoms with Crippen LogP contribution in [0.4, 0.5) is 0 Å². The van der Waals surface area contributed by atoms with Crippen molar-refractivity contribution in [2.45, 2.75) is 20.4 Å². The van der Waals surface area contributed by atoms with Crippen molar-refractivity contribution in [2.75, 3.05) is 0 Å². The second kappa shape index (κ2) is 3.55. The summed E-state index contributed by atoms with van der Waals surface area (Å²) in [5.74, 6) is 0. The zero-order valence-corrected chi connectivity index (χ0v) is 9.11. The highest BCUT2D eigenvalue weighted by atomic mass is 32.1. The Labute approximate surface area is 87.0 Å². The number of aromatic amines is 1. The lowest BCUT2D eigenvalue weighted by Gasteiger charge is -1.92. The van der Waals surface area contributed by atoms with Crippen molar-refractivity contribution in [3.8, 4) is 11.3 Å². The van der Waals surface area contributed by atoms with E-state index in [0.29, 0.717) is 6.54 Å². The number of nitrogens with one attached hydrogen (secondary N) is 1. The van der Waals surface area contributed by atoms with Crippen molar-refractivity contribution in [1.29, 1.82) is 0 Å². The van der Waals surface area contributed by atoms with Crippen molar-refractivity contribution in [2.24, 2.45) is 5.73 Å². The molecule has 74 valence electrons. The van der Waals surface area contributed by atoms with Crippen molar-refractivity contribution < 1.29 is 0 Å². The van der Waals surface area contributed by atoms with Gasteiger partial charge in [0.05, 0.1) is 5.69 Å². The second-order valence-corrected chi connectivity index (χ2v) is 4.26. The number of aryl methyl sites for hydroxylation is 2. The van der Waals surface area contributed by atoms with Crippen LogP contribution in [0.15, 0.2) is 11.4 Å². The monoisotopic (exact) mass is 207 g/mol. The van der Waals surface area contributed by atoms with Gasteiger partial charge in [0, 0.05) is 28.9 Å². The van der Waals surface area contributed by atoms with Crippen molar-refractivity contribution in [1.82, 2.24) is 9.97 Å². The lowest BCUT2D eigenvalue weighted by molar-refractivity contribution is 1.04. The van der Waals surface area contributed by atoms with Gasteiger partial charge >= 0.3 is 0 Å². The minimum atomic E-state index is 0.521. The Bertz CT molecular complexity index is 442. The molecule has 4 heteroatoms. The van der Waals surface area contributed by atoms with Crippen LogP contribution in [0.3, 0.4) is 0 Å². The molecule has 0 saturated heterocycles. The molecule has 3 nitrogen and oxygen atoms in total. The lowest BCUT2D eigenvalue weighted by Crippen LogP contribution is -1.94. The van der Waals surface area contributed by atoms with E-state index >= 15 is 0 Å². The van der Waals surface area contributed by atoms with Crippen LogP contribution in [0.5, 0.6) is 0 Å². The Morgan fingerprint density at radius 3 is 2.79 bits per heavy atom. The van der Waals surface area contributed by atoms with Crippen LogP contribution >= 0.6 is 11.3 Å². The van der Waals surface area contributed by atoms with Crippen LogP contribution in [0.2, 0.25) is 0 Å². The first kappa shape index (κ1) is 9.43. The van der Waals surface area contributed by atoms with E-state index in [1.165, 1.54) is 11.3 Å². The third kappa shape index (κ3) is 1.58. The molecule has 0 fully saturated rings. The van der Waals surface area contributed by atoms with Crippen molar-refractivity contribution in [3.63, 3.8) is 0 Å². The number of nitrogens with zero attached hydrogens (tertiary/aromatic N) is 1. The first-order valence-electron chi connectivity index (χ1n) is 4.51. The van der Waals surface area contributed by atoms with Gasteiger partial charge in [0.2, 0.25) is 0 Å². The van der Waals surface area contributed by atoms with Crippen LogP contribution < -0.4 is 5.73 Å². The Morgan fingerprint density at radius 1 is 1.50 bits per heavy atom. The maximum atomic E-state index is 5.52. The van der Waals surface area contributed by atoms with Gasteiger partial charge in [0.1, 0.15) is 5.01 Å². The molecular formula is C10H13N3S. The molecule has 2 aromatic heterocycles. The van der Waals surface area contributed by atoms with E-state index in [0.717, 1.165) is 16.4 Å². The zero-order chi connectivity index (χ0) is 10.1. The summed E-state index contributed by atoms with van der Waals surface area (Å²) in [7, 11) is 0. The Hall–Kier alpha value is -1.13. The highest BCUT2D eigenvalue weighted by Gasteiger charge is 2.08. The summed E-state index contributed by atoms with van der Waals surface area (Å²) in [6.07, 6.45) is 0. The first-order valence-corrected chi connectivity index (χ1v) is 5.39. The average molecular weight is 207 g/mol. The fourth-order valence-electron chi connectivity index (χ4n) is 1.52. The van der Waals surface area contributed by atoms with E-state index in [1.54, 1.807) is 11.3 Å². The van der Waals surface area contributed by atoms with Gasteiger partial charge in [-0.3, -0.25) is 0 Å². The van der Waals surface area contributed by atoms with Gasteiger partial charge in [0.15, 0.2) is 0 Å². The molecule has 0 aliphatic rings. The minimum Gasteiger partial charge on any atom is -0.362 e. The number of aromatic nitrogens is 2. The number of hydrogen-bond donors (Lipinski definition) is 2. The molecule has 2 aromatic rings. The van der Waals surface area contributed by atoms with Gasteiger partial charge in [-0.15, -0.1) is 11.3 Å². The maximum Gasteiger partial charge on any atom is 0.107 e. The number of H-pyrrole nitrogens is 1. The van der Waals surface area contributed by atoms with E-state index < -0.39 is 0 Å². The third-order valence-electron chi connectivity index (χ3n) is 2.15. The summed E-state index contributed by atoms with van der Waals surface area (Å²) in [4.78, 5) is 7.71. The topological polar surface area (TPSA) is 54.7 Å². The number of nitrogens with two attached hydrogens (primary N) is 1. The summed E-state index contributed by atoms with van der Waals surface area (Å²) in [5.41, 5.74) is 10.1. The Morgan fingerprint density at radius 2 is 2.29 bits per heavy atom. The van der Waals surface area contributed by atoms with Gasteiger partial charge in [-0.1, -0.05) is 0 Å². The molecule has 0 radical (unpaired) electrons. The van der Waals surface area contributed by atoms with Crippen LogP contribution in [0, 0.1) is 13.8 Å².